The Hall–Kier alpha value is -2.89. The molecular formula is C21H26FN3O2. The van der Waals surface area contributed by atoms with Gasteiger partial charge in [0.2, 0.25) is 5.91 Å². The van der Waals surface area contributed by atoms with Crippen molar-refractivity contribution in [3.63, 3.8) is 0 Å². The standard InChI is InChI=1S/C21H26FN3O2/c1-15(14-21(2,3)17-7-5-4-6-8-17)23-20(27)25-24-19(26)13-16-9-11-18(22)12-10-16/h4-12,15H,13-14H2,1-3H3,(H,24,26)(H2,23,25,27). The second kappa shape index (κ2) is 9.16. The van der Waals surface area contributed by atoms with Crippen molar-refractivity contribution < 1.29 is 14.0 Å². The van der Waals surface area contributed by atoms with Crippen LogP contribution in [0.25, 0.3) is 0 Å². The van der Waals surface area contributed by atoms with E-state index >= 15 is 0 Å². The summed E-state index contributed by atoms with van der Waals surface area (Å²) in [5, 5.41) is 2.82. The zero-order chi connectivity index (χ0) is 19.9. The van der Waals surface area contributed by atoms with E-state index in [1.165, 1.54) is 29.8 Å². The first-order valence-corrected chi connectivity index (χ1v) is 8.91. The Labute approximate surface area is 159 Å². The lowest BCUT2D eigenvalue weighted by Crippen LogP contribution is -2.50. The van der Waals surface area contributed by atoms with Gasteiger partial charge >= 0.3 is 6.03 Å². The van der Waals surface area contributed by atoms with E-state index in [1.807, 2.05) is 25.1 Å². The van der Waals surface area contributed by atoms with Crippen LogP contribution in [0, 0.1) is 5.82 Å². The summed E-state index contributed by atoms with van der Waals surface area (Å²) < 4.78 is 12.9. The van der Waals surface area contributed by atoms with E-state index < -0.39 is 6.03 Å². The van der Waals surface area contributed by atoms with Crippen LogP contribution >= 0.6 is 0 Å². The maximum absolute atomic E-state index is 12.9. The van der Waals surface area contributed by atoms with Crippen molar-refractivity contribution in [1.29, 1.82) is 0 Å². The number of urea groups is 1. The van der Waals surface area contributed by atoms with E-state index in [-0.39, 0.29) is 29.6 Å². The lowest BCUT2D eigenvalue weighted by molar-refractivity contribution is -0.121. The Kier molecular flexibility index (Phi) is 6.93. The van der Waals surface area contributed by atoms with Gasteiger partial charge in [0.1, 0.15) is 5.82 Å². The van der Waals surface area contributed by atoms with Crippen LogP contribution in [0.3, 0.4) is 0 Å². The monoisotopic (exact) mass is 371 g/mol. The SMILES string of the molecule is CC(CC(C)(C)c1ccccc1)NC(=O)NNC(=O)Cc1ccc(F)cc1. The van der Waals surface area contributed by atoms with Gasteiger partial charge < -0.3 is 5.32 Å². The first-order valence-electron chi connectivity index (χ1n) is 8.91. The minimum Gasteiger partial charge on any atom is -0.334 e. The molecule has 0 fully saturated rings. The zero-order valence-corrected chi connectivity index (χ0v) is 15.9. The predicted molar refractivity (Wildman–Crippen MR) is 103 cm³/mol. The van der Waals surface area contributed by atoms with Crippen LogP contribution in [0.15, 0.2) is 54.6 Å². The van der Waals surface area contributed by atoms with E-state index in [0.29, 0.717) is 5.56 Å². The molecule has 0 aliphatic heterocycles. The van der Waals surface area contributed by atoms with Gasteiger partial charge in [0.15, 0.2) is 0 Å². The van der Waals surface area contributed by atoms with Crippen LogP contribution in [-0.2, 0) is 16.6 Å². The molecular weight excluding hydrogens is 345 g/mol. The van der Waals surface area contributed by atoms with Gasteiger partial charge in [-0.25, -0.2) is 14.6 Å². The molecule has 2 aromatic carbocycles. The fourth-order valence-corrected chi connectivity index (χ4v) is 3.04. The highest BCUT2D eigenvalue weighted by Gasteiger charge is 2.24. The van der Waals surface area contributed by atoms with Crippen LogP contribution < -0.4 is 16.2 Å². The molecule has 6 heteroatoms. The van der Waals surface area contributed by atoms with Gasteiger partial charge in [-0.1, -0.05) is 56.3 Å². The summed E-state index contributed by atoms with van der Waals surface area (Å²) in [5.41, 5.74) is 6.46. The van der Waals surface area contributed by atoms with E-state index in [2.05, 4.69) is 42.1 Å². The third kappa shape index (κ3) is 6.73. The molecule has 0 aliphatic rings. The third-order valence-electron chi connectivity index (χ3n) is 4.34. The van der Waals surface area contributed by atoms with Crippen LogP contribution in [0.4, 0.5) is 9.18 Å². The molecule has 5 nitrogen and oxygen atoms in total. The van der Waals surface area contributed by atoms with E-state index in [9.17, 15) is 14.0 Å². The van der Waals surface area contributed by atoms with Crippen LogP contribution in [0.1, 0.15) is 38.3 Å². The second-order valence-electron chi connectivity index (χ2n) is 7.30. The lowest BCUT2D eigenvalue weighted by Gasteiger charge is -2.29. The van der Waals surface area contributed by atoms with Gasteiger partial charge in [-0.05, 0) is 42.0 Å². The highest BCUT2D eigenvalue weighted by atomic mass is 19.1. The average molecular weight is 371 g/mol. The third-order valence-corrected chi connectivity index (χ3v) is 4.34. The normalized spacial score (nSPS) is 12.1. The maximum Gasteiger partial charge on any atom is 0.333 e. The van der Waals surface area contributed by atoms with Crippen LogP contribution in [-0.4, -0.2) is 18.0 Å². The Morgan fingerprint density at radius 2 is 1.63 bits per heavy atom. The number of amides is 3. The molecule has 0 saturated carbocycles. The number of carbonyl (C=O) groups is 2. The first-order chi connectivity index (χ1) is 12.8. The Bertz CT molecular complexity index is 761. The lowest BCUT2D eigenvalue weighted by atomic mass is 9.79. The highest BCUT2D eigenvalue weighted by Crippen LogP contribution is 2.27. The number of benzene rings is 2. The van der Waals surface area contributed by atoms with Gasteiger partial charge in [0.25, 0.3) is 0 Å². The molecule has 0 radical (unpaired) electrons. The number of carbonyl (C=O) groups excluding carboxylic acids is 2. The highest BCUT2D eigenvalue weighted by molar-refractivity contribution is 5.82. The fourth-order valence-electron chi connectivity index (χ4n) is 3.04. The van der Waals surface area contributed by atoms with E-state index in [1.54, 1.807) is 0 Å². The molecule has 0 saturated heterocycles. The number of nitrogens with one attached hydrogen (secondary N) is 3. The summed E-state index contributed by atoms with van der Waals surface area (Å²) in [7, 11) is 0. The molecule has 27 heavy (non-hydrogen) atoms. The summed E-state index contributed by atoms with van der Waals surface area (Å²) >= 11 is 0. The summed E-state index contributed by atoms with van der Waals surface area (Å²) in [5.74, 6) is -0.738. The Morgan fingerprint density at radius 1 is 1.00 bits per heavy atom. The average Bonchev–Trinajstić information content (AvgIpc) is 2.62. The predicted octanol–water partition coefficient (Wildman–Crippen LogP) is 3.46. The molecule has 0 spiro atoms. The molecule has 3 N–H and O–H groups in total. The van der Waals surface area contributed by atoms with Crippen molar-refractivity contribution in [3.05, 3.63) is 71.5 Å². The van der Waals surface area contributed by atoms with Crippen molar-refractivity contribution in [3.8, 4) is 0 Å². The van der Waals surface area contributed by atoms with Gasteiger partial charge in [0, 0.05) is 6.04 Å². The molecule has 0 aliphatic carbocycles. The number of hydrogen-bond donors (Lipinski definition) is 3. The molecule has 0 aromatic heterocycles. The van der Waals surface area contributed by atoms with Crippen molar-refractivity contribution >= 4 is 11.9 Å². The fraction of sp³-hybridized carbons (Fsp3) is 0.333. The quantitative estimate of drug-likeness (QED) is 0.681. The summed E-state index contributed by atoms with van der Waals surface area (Å²) in [4.78, 5) is 23.8. The van der Waals surface area contributed by atoms with Gasteiger partial charge in [0.05, 0.1) is 6.42 Å². The first kappa shape index (κ1) is 20.4. The van der Waals surface area contributed by atoms with E-state index in [0.717, 1.165) is 6.42 Å². The Balaban J connectivity index is 1.76. The minimum atomic E-state index is -0.473. The number of rotatable bonds is 6. The minimum absolute atomic E-state index is 0.0527. The number of hydrazine groups is 1. The molecule has 3 amide bonds. The molecule has 144 valence electrons. The topological polar surface area (TPSA) is 70.2 Å². The smallest absolute Gasteiger partial charge is 0.333 e. The molecule has 2 rings (SSSR count). The second-order valence-corrected chi connectivity index (χ2v) is 7.30. The van der Waals surface area contributed by atoms with E-state index in [4.69, 9.17) is 0 Å². The van der Waals surface area contributed by atoms with Crippen molar-refractivity contribution in [1.82, 2.24) is 16.2 Å². The van der Waals surface area contributed by atoms with Gasteiger partial charge in [-0.15, -0.1) is 0 Å². The molecule has 2 aromatic rings. The van der Waals surface area contributed by atoms with Gasteiger partial charge in [-0.2, -0.15) is 0 Å². The summed E-state index contributed by atoms with van der Waals surface area (Å²) in [6, 6.07) is 15.2. The molecule has 1 atom stereocenters. The van der Waals surface area contributed by atoms with Crippen molar-refractivity contribution in [2.45, 2.75) is 45.1 Å². The van der Waals surface area contributed by atoms with Crippen molar-refractivity contribution in [2.24, 2.45) is 0 Å². The molecule has 0 heterocycles. The van der Waals surface area contributed by atoms with Crippen LogP contribution in [0.2, 0.25) is 0 Å². The molecule has 0 bridgehead atoms. The Morgan fingerprint density at radius 3 is 2.26 bits per heavy atom. The van der Waals surface area contributed by atoms with Crippen LogP contribution in [0.5, 0.6) is 0 Å². The number of hydrogen-bond acceptors (Lipinski definition) is 2. The zero-order valence-electron chi connectivity index (χ0n) is 15.9. The molecule has 1 unspecified atom stereocenters. The summed E-state index contributed by atoms with van der Waals surface area (Å²) in [6.07, 6.45) is 0.797. The van der Waals surface area contributed by atoms with Gasteiger partial charge in [-0.3, -0.25) is 10.2 Å². The largest absolute Gasteiger partial charge is 0.334 e. The number of halogens is 1. The summed E-state index contributed by atoms with van der Waals surface area (Å²) in [6.45, 7) is 6.18. The maximum atomic E-state index is 12.9. The van der Waals surface area contributed by atoms with Crippen molar-refractivity contribution in [2.75, 3.05) is 0 Å².